The number of hydrogen-bond donors (Lipinski definition) is 1. The van der Waals surface area contributed by atoms with Crippen LogP contribution in [0.15, 0.2) is 46.0 Å². The van der Waals surface area contributed by atoms with Gasteiger partial charge in [0, 0.05) is 30.0 Å². The van der Waals surface area contributed by atoms with Crippen LogP contribution in [0.4, 0.5) is 5.00 Å². The number of benzene rings is 1. The van der Waals surface area contributed by atoms with E-state index in [0.717, 1.165) is 5.56 Å². The highest BCUT2D eigenvalue weighted by molar-refractivity contribution is 7.14. The van der Waals surface area contributed by atoms with E-state index in [1.54, 1.807) is 14.0 Å². The topological polar surface area (TPSA) is 85.2 Å². The van der Waals surface area contributed by atoms with Gasteiger partial charge in [-0.25, -0.2) is 9.79 Å². The molecule has 1 N–H and O–H groups in total. The molecule has 1 aromatic heterocycles. The lowest BCUT2D eigenvalue weighted by Gasteiger charge is -2.11. The number of aliphatic hydroxyl groups is 1. The Hall–Kier alpha value is -2.93. The number of carbonyl (C=O) groups excluding carboxylic acids is 2. The van der Waals surface area contributed by atoms with Crippen molar-refractivity contribution in [2.75, 3.05) is 13.7 Å². The lowest BCUT2D eigenvalue weighted by molar-refractivity contribution is -0.115. The molecule has 0 radical (unpaired) electrons. The molecule has 6 nitrogen and oxygen atoms in total. The summed E-state index contributed by atoms with van der Waals surface area (Å²) in [6, 6.07) is 7.34. The van der Waals surface area contributed by atoms with E-state index in [2.05, 4.69) is 4.99 Å². The van der Waals surface area contributed by atoms with Crippen molar-refractivity contribution in [1.29, 1.82) is 0 Å². The first-order valence-corrected chi connectivity index (χ1v) is 9.85. The number of allylic oxidation sites excluding steroid dienone is 2. The van der Waals surface area contributed by atoms with E-state index >= 15 is 0 Å². The van der Waals surface area contributed by atoms with E-state index in [0.29, 0.717) is 41.1 Å². The monoisotopic (exact) mass is 399 g/mol. The SMILES string of the molecule is CCOC(=O)c1c(-c2ccc(OC)cc2)csc1/N=C/C1=C(O)CCCC1=O. The number of thiophene rings is 1. The fourth-order valence-electron chi connectivity index (χ4n) is 2.94. The summed E-state index contributed by atoms with van der Waals surface area (Å²) in [6.45, 7) is 1.98. The Morgan fingerprint density at radius 1 is 1.29 bits per heavy atom. The number of methoxy groups -OCH3 is 1. The molecular formula is C21H21NO5S. The van der Waals surface area contributed by atoms with E-state index in [-0.39, 0.29) is 23.7 Å². The van der Waals surface area contributed by atoms with Gasteiger partial charge in [0.2, 0.25) is 0 Å². The van der Waals surface area contributed by atoms with Crippen molar-refractivity contribution in [1.82, 2.24) is 0 Å². The predicted octanol–water partition coefficient (Wildman–Crippen LogP) is 4.87. The molecule has 7 heteroatoms. The molecule has 1 aromatic carbocycles. The van der Waals surface area contributed by atoms with Crippen LogP contribution in [-0.2, 0) is 9.53 Å². The summed E-state index contributed by atoms with van der Waals surface area (Å²) < 4.78 is 10.4. The Morgan fingerprint density at radius 2 is 2.04 bits per heavy atom. The summed E-state index contributed by atoms with van der Waals surface area (Å²) >= 11 is 1.28. The molecule has 0 saturated carbocycles. The third kappa shape index (κ3) is 4.14. The van der Waals surface area contributed by atoms with Gasteiger partial charge in [0.15, 0.2) is 5.78 Å². The zero-order valence-electron chi connectivity index (χ0n) is 15.7. The second-order valence-corrected chi connectivity index (χ2v) is 7.03. The quantitative estimate of drug-likeness (QED) is 0.553. The van der Waals surface area contributed by atoms with Gasteiger partial charge in [0.05, 0.1) is 19.3 Å². The van der Waals surface area contributed by atoms with Crippen LogP contribution >= 0.6 is 11.3 Å². The van der Waals surface area contributed by atoms with Gasteiger partial charge < -0.3 is 14.6 Å². The van der Waals surface area contributed by atoms with Crippen molar-refractivity contribution in [2.45, 2.75) is 26.2 Å². The van der Waals surface area contributed by atoms with Crippen molar-refractivity contribution in [3.05, 3.63) is 46.5 Å². The van der Waals surface area contributed by atoms with Gasteiger partial charge in [0.1, 0.15) is 22.1 Å². The molecule has 0 aliphatic heterocycles. The van der Waals surface area contributed by atoms with Gasteiger partial charge in [-0.05, 0) is 31.0 Å². The molecule has 3 rings (SSSR count). The van der Waals surface area contributed by atoms with Gasteiger partial charge in [-0.3, -0.25) is 4.79 Å². The largest absolute Gasteiger partial charge is 0.512 e. The number of rotatable bonds is 6. The first-order chi connectivity index (χ1) is 13.5. The number of ketones is 1. The number of carbonyl (C=O) groups is 2. The van der Waals surface area contributed by atoms with Gasteiger partial charge >= 0.3 is 5.97 Å². The maximum Gasteiger partial charge on any atom is 0.341 e. The average Bonchev–Trinajstić information content (AvgIpc) is 3.12. The number of nitrogens with zero attached hydrogens (tertiary/aromatic N) is 1. The van der Waals surface area contributed by atoms with Crippen LogP contribution in [0.3, 0.4) is 0 Å². The van der Waals surface area contributed by atoms with Crippen molar-refractivity contribution >= 4 is 34.3 Å². The molecule has 1 heterocycles. The molecule has 0 atom stereocenters. The fraction of sp³-hybridized carbons (Fsp3) is 0.286. The zero-order chi connectivity index (χ0) is 20.1. The lowest BCUT2D eigenvalue weighted by atomic mass is 9.97. The Balaban J connectivity index is 2.01. The van der Waals surface area contributed by atoms with Crippen molar-refractivity contribution < 1.29 is 24.2 Å². The van der Waals surface area contributed by atoms with Crippen LogP contribution in [0.1, 0.15) is 36.5 Å². The maximum absolute atomic E-state index is 12.6. The molecule has 1 aliphatic rings. The summed E-state index contributed by atoms with van der Waals surface area (Å²) in [5.74, 6) is 0.143. The van der Waals surface area contributed by atoms with Crippen LogP contribution in [-0.4, -0.2) is 36.8 Å². The number of hydrogen-bond acceptors (Lipinski definition) is 7. The first kappa shape index (κ1) is 19.8. The summed E-state index contributed by atoms with van der Waals surface area (Å²) in [5.41, 5.74) is 2.08. The third-order valence-corrected chi connectivity index (χ3v) is 5.28. The van der Waals surface area contributed by atoms with Gasteiger partial charge in [0.25, 0.3) is 0 Å². The van der Waals surface area contributed by atoms with Gasteiger partial charge in [-0.15, -0.1) is 11.3 Å². The van der Waals surface area contributed by atoms with Crippen LogP contribution in [0.2, 0.25) is 0 Å². The summed E-state index contributed by atoms with van der Waals surface area (Å²) in [5, 5.41) is 12.2. The van der Waals surface area contributed by atoms with Gasteiger partial charge in [-0.2, -0.15) is 0 Å². The highest BCUT2D eigenvalue weighted by Crippen LogP contribution is 2.38. The van der Waals surface area contributed by atoms with Crippen molar-refractivity contribution in [3.63, 3.8) is 0 Å². The first-order valence-electron chi connectivity index (χ1n) is 8.97. The zero-order valence-corrected chi connectivity index (χ0v) is 16.5. The second kappa shape index (κ2) is 8.84. The Morgan fingerprint density at radius 3 is 2.68 bits per heavy atom. The predicted molar refractivity (Wildman–Crippen MR) is 109 cm³/mol. The highest BCUT2D eigenvalue weighted by atomic mass is 32.1. The minimum Gasteiger partial charge on any atom is -0.512 e. The van der Waals surface area contributed by atoms with E-state index in [1.807, 2.05) is 29.6 Å². The smallest absolute Gasteiger partial charge is 0.341 e. The number of aliphatic hydroxyl groups excluding tert-OH is 1. The maximum atomic E-state index is 12.6. The minimum absolute atomic E-state index is 0.0459. The van der Waals surface area contributed by atoms with E-state index in [9.17, 15) is 14.7 Å². The molecule has 0 spiro atoms. The second-order valence-electron chi connectivity index (χ2n) is 6.17. The van der Waals surface area contributed by atoms with Crippen LogP contribution in [0.25, 0.3) is 11.1 Å². The molecule has 0 unspecified atom stereocenters. The minimum atomic E-state index is -0.477. The summed E-state index contributed by atoms with van der Waals surface area (Å²) in [6.07, 6.45) is 2.83. The average molecular weight is 399 g/mol. The fourth-order valence-corrected chi connectivity index (χ4v) is 3.85. The Labute approximate surface area is 167 Å². The number of aliphatic imine (C=N–C) groups is 1. The van der Waals surface area contributed by atoms with Crippen molar-refractivity contribution in [3.8, 4) is 16.9 Å². The van der Waals surface area contributed by atoms with E-state index in [4.69, 9.17) is 9.47 Å². The summed E-state index contributed by atoms with van der Waals surface area (Å²) in [7, 11) is 1.59. The molecule has 1 aliphatic carbocycles. The highest BCUT2D eigenvalue weighted by Gasteiger charge is 2.23. The van der Waals surface area contributed by atoms with Crippen LogP contribution < -0.4 is 4.74 Å². The molecule has 0 amide bonds. The van der Waals surface area contributed by atoms with E-state index < -0.39 is 5.97 Å². The lowest BCUT2D eigenvalue weighted by Crippen LogP contribution is -2.12. The molecule has 0 bridgehead atoms. The van der Waals surface area contributed by atoms with Crippen LogP contribution in [0.5, 0.6) is 5.75 Å². The molecular weight excluding hydrogens is 378 g/mol. The molecule has 0 fully saturated rings. The summed E-state index contributed by atoms with van der Waals surface area (Å²) in [4.78, 5) is 28.9. The van der Waals surface area contributed by atoms with Crippen molar-refractivity contribution in [2.24, 2.45) is 4.99 Å². The number of ether oxygens (including phenoxy) is 2. The van der Waals surface area contributed by atoms with Gasteiger partial charge in [-0.1, -0.05) is 12.1 Å². The molecule has 2 aromatic rings. The van der Waals surface area contributed by atoms with E-state index in [1.165, 1.54) is 17.6 Å². The molecule has 28 heavy (non-hydrogen) atoms. The number of Topliss-reactive ketones (excluding diaryl/α,β-unsaturated/α-hetero) is 1. The Bertz CT molecular complexity index is 940. The standard InChI is InChI=1S/C21H21NO5S/c1-3-27-21(25)19-16(13-7-9-14(26-2)10-8-13)12-28-20(19)22-11-15-17(23)5-4-6-18(15)24/h7-12,23H,3-6H2,1-2H3/b22-11+. The number of esters is 1. The normalized spacial score (nSPS) is 14.6. The molecule has 146 valence electrons. The Kier molecular flexibility index (Phi) is 6.26. The third-order valence-electron chi connectivity index (χ3n) is 4.39. The molecule has 0 saturated heterocycles. The van der Waals surface area contributed by atoms with Crippen LogP contribution in [0, 0.1) is 0 Å².